The van der Waals surface area contributed by atoms with Crippen LogP contribution in [0, 0.1) is 13.8 Å². The first-order valence-electron chi connectivity index (χ1n) is 5.09. The van der Waals surface area contributed by atoms with Gasteiger partial charge in [-0.25, -0.2) is 0 Å². The van der Waals surface area contributed by atoms with E-state index >= 15 is 0 Å². The first-order valence-corrected chi connectivity index (χ1v) is 7.64. The molecule has 16 heavy (non-hydrogen) atoms. The largest absolute Gasteiger partial charge is 0.309 e. The van der Waals surface area contributed by atoms with E-state index in [-0.39, 0.29) is 0 Å². The molecular weight excluding hydrogens is 302 g/mol. The summed E-state index contributed by atoms with van der Waals surface area (Å²) in [4.78, 5) is 1.37. The monoisotopic (exact) mass is 315 g/mol. The highest BCUT2D eigenvalue weighted by atomic mass is 79.9. The number of halogens is 1. The van der Waals surface area contributed by atoms with Gasteiger partial charge in [0.1, 0.15) is 0 Å². The Bertz CT molecular complexity index is 487. The standard InChI is InChI=1S/C12H14BrNS2/c1-7-5-15-6-10(7)12(14-3)9-4-11(13)16-8(9)2/h4-6,12,14H,1-3H3. The molecule has 1 N–H and O–H groups in total. The van der Waals surface area contributed by atoms with Crippen molar-refractivity contribution in [2.24, 2.45) is 0 Å². The van der Waals surface area contributed by atoms with Gasteiger partial charge in [-0.3, -0.25) is 0 Å². The van der Waals surface area contributed by atoms with E-state index in [9.17, 15) is 0 Å². The first kappa shape index (κ1) is 12.3. The molecule has 0 fully saturated rings. The number of nitrogens with one attached hydrogen (secondary N) is 1. The normalized spacial score (nSPS) is 13.0. The van der Waals surface area contributed by atoms with E-state index in [0.29, 0.717) is 6.04 Å². The molecule has 4 heteroatoms. The predicted octanol–water partition coefficient (Wildman–Crippen LogP) is 4.50. The maximum absolute atomic E-state index is 3.56. The van der Waals surface area contributed by atoms with Crippen molar-refractivity contribution in [3.63, 3.8) is 0 Å². The molecule has 1 unspecified atom stereocenters. The highest BCUT2D eigenvalue weighted by Crippen LogP contribution is 2.35. The van der Waals surface area contributed by atoms with E-state index in [1.54, 1.807) is 22.7 Å². The summed E-state index contributed by atoms with van der Waals surface area (Å²) in [7, 11) is 2.02. The van der Waals surface area contributed by atoms with Gasteiger partial charge < -0.3 is 5.32 Å². The highest BCUT2D eigenvalue weighted by Gasteiger charge is 2.18. The smallest absolute Gasteiger partial charge is 0.0704 e. The van der Waals surface area contributed by atoms with Crippen LogP contribution in [0.5, 0.6) is 0 Å². The quantitative estimate of drug-likeness (QED) is 0.879. The van der Waals surface area contributed by atoms with Gasteiger partial charge in [-0.05, 0) is 70.3 Å². The lowest BCUT2D eigenvalue weighted by Crippen LogP contribution is -2.17. The lowest BCUT2D eigenvalue weighted by Gasteiger charge is -2.16. The third-order valence-electron chi connectivity index (χ3n) is 2.73. The second kappa shape index (κ2) is 5.00. The summed E-state index contributed by atoms with van der Waals surface area (Å²) >= 11 is 7.12. The zero-order chi connectivity index (χ0) is 11.7. The average Bonchev–Trinajstić information content (AvgIpc) is 2.77. The van der Waals surface area contributed by atoms with Gasteiger partial charge in [0.2, 0.25) is 0 Å². The number of thiophene rings is 2. The van der Waals surface area contributed by atoms with Crippen molar-refractivity contribution in [3.8, 4) is 0 Å². The van der Waals surface area contributed by atoms with Crippen molar-refractivity contribution in [3.05, 3.63) is 42.2 Å². The molecule has 0 aromatic carbocycles. The van der Waals surface area contributed by atoms with E-state index in [1.807, 2.05) is 7.05 Å². The molecule has 0 aliphatic rings. The minimum absolute atomic E-state index is 0.314. The molecule has 0 saturated carbocycles. The number of hydrogen-bond donors (Lipinski definition) is 1. The van der Waals surface area contributed by atoms with Gasteiger partial charge in [0, 0.05) is 4.88 Å². The van der Waals surface area contributed by atoms with Gasteiger partial charge in [0.05, 0.1) is 9.83 Å². The second-order valence-electron chi connectivity index (χ2n) is 3.79. The molecule has 0 saturated heterocycles. The van der Waals surface area contributed by atoms with Crippen molar-refractivity contribution in [2.75, 3.05) is 7.05 Å². The maximum Gasteiger partial charge on any atom is 0.0704 e. The second-order valence-corrected chi connectivity index (χ2v) is 7.17. The third-order valence-corrected chi connectivity index (χ3v) is 5.18. The van der Waals surface area contributed by atoms with Crippen LogP contribution in [-0.2, 0) is 0 Å². The summed E-state index contributed by atoms with van der Waals surface area (Å²) in [5.41, 5.74) is 4.13. The fraction of sp³-hybridized carbons (Fsp3) is 0.333. The fourth-order valence-corrected chi connectivity index (χ4v) is 4.51. The Labute approximate surface area is 113 Å². The van der Waals surface area contributed by atoms with Crippen LogP contribution in [-0.4, -0.2) is 7.05 Å². The van der Waals surface area contributed by atoms with Gasteiger partial charge in [-0.1, -0.05) is 0 Å². The molecule has 2 aromatic heterocycles. The molecule has 0 bridgehead atoms. The molecular formula is C12H14BrNS2. The summed E-state index contributed by atoms with van der Waals surface area (Å²) in [5, 5.41) is 7.85. The molecule has 1 nitrogen and oxygen atoms in total. The molecule has 2 heterocycles. The van der Waals surface area contributed by atoms with Gasteiger partial charge in [-0.2, -0.15) is 11.3 Å². The van der Waals surface area contributed by atoms with Crippen LogP contribution >= 0.6 is 38.6 Å². The van der Waals surface area contributed by atoms with Crippen molar-refractivity contribution in [1.29, 1.82) is 0 Å². The van der Waals surface area contributed by atoms with Crippen molar-refractivity contribution in [1.82, 2.24) is 5.32 Å². The molecule has 0 radical (unpaired) electrons. The number of hydrogen-bond acceptors (Lipinski definition) is 3. The Balaban J connectivity index is 2.44. The minimum Gasteiger partial charge on any atom is -0.309 e. The topological polar surface area (TPSA) is 12.0 Å². The zero-order valence-corrected chi connectivity index (χ0v) is 12.7. The van der Waals surface area contributed by atoms with Gasteiger partial charge >= 0.3 is 0 Å². The molecule has 0 spiro atoms. The molecule has 1 atom stereocenters. The Morgan fingerprint density at radius 1 is 1.25 bits per heavy atom. The van der Waals surface area contributed by atoms with Crippen LogP contribution in [0.3, 0.4) is 0 Å². The summed E-state index contributed by atoms with van der Waals surface area (Å²) in [6.07, 6.45) is 0. The van der Waals surface area contributed by atoms with E-state index < -0.39 is 0 Å². The summed E-state index contributed by atoms with van der Waals surface area (Å²) in [6.45, 7) is 4.35. The predicted molar refractivity (Wildman–Crippen MR) is 76.7 cm³/mol. The van der Waals surface area contributed by atoms with E-state index in [0.717, 1.165) is 0 Å². The molecule has 86 valence electrons. The van der Waals surface area contributed by atoms with Crippen LogP contribution in [0.1, 0.15) is 27.6 Å². The molecule has 2 aromatic rings. The van der Waals surface area contributed by atoms with E-state index in [4.69, 9.17) is 0 Å². The summed E-state index contributed by atoms with van der Waals surface area (Å²) in [5.74, 6) is 0. The van der Waals surface area contributed by atoms with Crippen molar-refractivity contribution in [2.45, 2.75) is 19.9 Å². The maximum atomic E-state index is 3.56. The Morgan fingerprint density at radius 3 is 2.44 bits per heavy atom. The van der Waals surface area contributed by atoms with Gasteiger partial charge in [0.15, 0.2) is 0 Å². The minimum atomic E-state index is 0.314. The van der Waals surface area contributed by atoms with E-state index in [1.165, 1.54) is 25.4 Å². The van der Waals surface area contributed by atoms with Gasteiger partial charge in [0.25, 0.3) is 0 Å². The average molecular weight is 316 g/mol. The highest BCUT2D eigenvalue weighted by molar-refractivity contribution is 9.11. The lowest BCUT2D eigenvalue weighted by molar-refractivity contribution is 0.689. The molecule has 0 aliphatic heterocycles. The lowest BCUT2D eigenvalue weighted by atomic mass is 9.99. The van der Waals surface area contributed by atoms with Crippen LogP contribution in [0.4, 0.5) is 0 Å². The third kappa shape index (κ3) is 2.25. The Hall–Kier alpha value is -0.160. The van der Waals surface area contributed by atoms with Crippen LogP contribution < -0.4 is 5.32 Å². The number of aryl methyl sites for hydroxylation is 2. The summed E-state index contributed by atoms with van der Waals surface area (Å²) < 4.78 is 1.20. The van der Waals surface area contributed by atoms with Crippen LogP contribution in [0.25, 0.3) is 0 Å². The molecule has 2 rings (SSSR count). The van der Waals surface area contributed by atoms with Crippen LogP contribution in [0.2, 0.25) is 0 Å². The Morgan fingerprint density at radius 2 is 2.00 bits per heavy atom. The number of rotatable bonds is 3. The van der Waals surface area contributed by atoms with Crippen molar-refractivity contribution >= 4 is 38.6 Å². The van der Waals surface area contributed by atoms with E-state index in [2.05, 4.69) is 51.9 Å². The summed E-state index contributed by atoms with van der Waals surface area (Å²) in [6, 6.07) is 2.53. The van der Waals surface area contributed by atoms with Crippen molar-refractivity contribution < 1.29 is 0 Å². The SMILES string of the molecule is CNC(c1cscc1C)c1cc(Br)sc1C. The van der Waals surface area contributed by atoms with Crippen LogP contribution in [0.15, 0.2) is 20.6 Å². The first-order chi connectivity index (χ1) is 7.63. The zero-order valence-electron chi connectivity index (χ0n) is 9.50. The fourth-order valence-electron chi connectivity index (χ4n) is 1.89. The Kier molecular flexibility index (Phi) is 3.85. The molecule has 0 amide bonds. The molecule has 0 aliphatic carbocycles. The van der Waals surface area contributed by atoms with Gasteiger partial charge in [-0.15, -0.1) is 11.3 Å².